The van der Waals surface area contributed by atoms with E-state index in [1.165, 1.54) is 6.20 Å². The standard InChI is InChI=1S/C17H21Cl2N5O4/c1-10(7-14-13(18)8-20-17(19)21-14)3-6-28-16-15(24(25)26)11(2)23(22-16)12-4-5-27-9-12/h8,10,12H,3-7,9H2,1-2H3/t10-,12-/m1/s1. The first-order valence-corrected chi connectivity index (χ1v) is 9.73. The van der Waals surface area contributed by atoms with Crippen molar-refractivity contribution < 1.29 is 14.4 Å². The van der Waals surface area contributed by atoms with E-state index < -0.39 is 4.92 Å². The first kappa shape index (κ1) is 20.8. The Morgan fingerprint density at radius 2 is 2.29 bits per heavy atom. The van der Waals surface area contributed by atoms with Crippen LogP contribution in [0.5, 0.6) is 5.88 Å². The lowest BCUT2D eigenvalue weighted by Gasteiger charge is -2.12. The van der Waals surface area contributed by atoms with Crippen molar-refractivity contribution in [3.63, 3.8) is 0 Å². The minimum Gasteiger partial charge on any atom is -0.472 e. The lowest BCUT2D eigenvalue weighted by molar-refractivity contribution is -0.386. The molecular weight excluding hydrogens is 409 g/mol. The number of aromatic nitrogens is 4. The Bertz CT molecular complexity index is 854. The maximum Gasteiger partial charge on any atom is 0.352 e. The Morgan fingerprint density at radius 1 is 1.50 bits per heavy atom. The predicted molar refractivity (Wildman–Crippen MR) is 103 cm³/mol. The van der Waals surface area contributed by atoms with Gasteiger partial charge in [-0.2, -0.15) is 0 Å². The molecule has 0 N–H and O–H groups in total. The molecule has 1 fully saturated rings. The Hall–Kier alpha value is -1.97. The van der Waals surface area contributed by atoms with E-state index in [0.29, 0.717) is 42.5 Å². The van der Waals surface area contributed by atoms with Gasteiger partial charge in [-0.15, -0.1) is 5.10 Å². The number of ether oxygens (including phenoxy) is 2. The van der Waals surface area contributed by atoms with Crippen LogP contribution in [0.2, 0.25) is 10.3 Å². The van der Waals surface area contributed by atoms with Gasteiger partial charge in [0.2, 0.25) is 5.28 Å². The number of hydrogen-bond donors (Lipinski definition) is 0. The van der Waals surface area contributed by atoms with Crippen LogP contribution in [-0.4, -0.2) is 44.5 Å². The van der Waals surface area contributed by atoms with Crippen LogP contribution in [0.3, 0.4) is 0 Å². The van der Waals surface area contributed by atoms with Gasteiger partial charge >= 0.3 is 11.6 Å². The molecule has 0 spiro atoms. The van der Waals surface area contributed by atoms with Crippen LogP contribution in [0, 0.1) is 23.0 Å². The molecule has 0 amide bonds. The summed E-state index contributed by atoms with van der Waals surface area (Å²) < 4.78 is 12.7. The number of nitro groups is 1. The molecule has 2 aromatic heterocycles. The third-order valence-electron chi connectivity index (χ3n) is 4.70. The molecule has 152 valence electrons. The molecule has 3 rings (SSSR count). The fourth-order valence-corrected chi connectivity index (χ4v) is 3.49. The van der Waals surface area contributed by atoms with E-state index in [1.807, 2.05) is 6.92 Å². The quantitative estimate of drug-likeness (QED) is 0.356. The summed E-state index contributed by atoms with van der Waals surface area (Å²) in [4.78, 5) is 19.0. The number of halogens is 2. The zero-order chi connectivity index (χ0) is 20.3. The molecule has 0 radical (unpaired) electrons. The Kier molecular flexibility index (Phi) is 6.69. The third-order valence-corrected chi connectivity index (χ3v) is 5.20. The number of hydrogen-bond acceptors (Lipinski definition) is 7. The topological polar surface area (TPSA) is 105 Å². The molecule has 0 aromatic carbocycles. The normalized spacial score (nSPS) is 17.6. The summed E-state index contributed by atoms with van der Waals surface area (Å²) in [6.45, 7) is 5.11. The van der Waals surface area contributed by atoms with E-state index >= 15 is 0 Å². The molecular formula is C17H21Cl2N5O4. The molecule has 1 aliphatic heterocycles. The Labute approximate surface area is 172 Å². The lowest BCUT2D eigenvalue weighted by atomic mass is 10.0. The lowest BCUT2D eigenvalue weighted by Crippen LogP contribution is -2.12. The molecule has 0 saturated carbocycles. The Morgan fingerprint density at radius 3 is 2.96 bits per heavy atom. The number of nitrogens with zero attached hydrogens (tertiary/aromatic N) is 5. The van der Waals surface area contributed by atoms with Crippen molar-refractivity contribution in [3.8, 4) is 5.88 Å². The van der Waals surface area contributed by atoms with Crippen molar-refractivity contribution >= 4 is 28.9 Å². The molecule has 2 aromatic rings. The van der Waals surface area contributed by atoms with Gasteiger partial charge in [0.1, 0.15) is 5.69 Å². The van der Waals surface area contributed by atoms with Crippen LogP contribution in [0.15, 0.2) is 6.20 Å². The average molecular weight is 430 g/mol. The van der Waals surface area contributed by atoms with Gasteiger partial charge in [-0.1, -0.05) is 18.5 Å². The predicted octanol–water partition coefficient (Wildman–Crippen LogP) is 3.81. The molecule has 3 heterocycles. The van der Waals surface area contributed by atoms with Crippen molar-refractivity contribution in [2.75, 3.05) is 19.8 Å². The van der Waals surface area contributed by atoms with E-state index in [4.69, 9.17) is 32.7 Å². The highest BCUT2D eigenvalue weighted by Gasteiger charge is 2.31. The van der Waals surface area contributed by atoms with Gasteiger partial charge in [0, 0.05) is 6.61 Å². The summed E-state index contributed by atoms with van der Waals surface area (Å²) in [5.74, 6) is 0.221. The molecule has 9 nitrogen and oxygen atoms in total. The first-order chi connectivity index (χ1) is 13.4. The second-order valence-electron chi connectivity index (χ2n) is 6.84. The van der Waals surface area contributed by atoms with Crippen molar-refractivity contribution in [1.29, 1.82) is 0 Å². The highest BCUT2D eigenvalue weighted by atomic mass is 35.5. The summed E-state index contributed by atoms with van der Waals surface area (Å²) in [7, 11) is 0. The second kappa shape index (κ2) is 9.02. The zero-order valence-corrected chi connectivity index (χ0v) is 17.1. The van der Waals surface area contributed by atoms with Gasteiger partial charge < -0.3 is 9.47 Å². The van der Waals surface area contributed by atoms with Gasteiger partial charge in [0.25, 0.3) is 0 Å². The zero-order valence-electron chi connectivity index (χ0n) is 15.6. The molecule has 11 heteroatoms. The largest absolute Gasteiger partial charge is 0.472 e. The summed E-state index contributed by atoms with van der Waals surface area (Å²) >= 11 is 11.9. The summed E-state index contributed by atoms with van der Waals surface area (Å²) in [5, 5.41) is 16.4. The van der Waals surface area contributed by atoms with E-state index in [0.717, 1.165) is 6.42 Å². The van der Waals surface area contributed by atoms with Crippen LogP contribution >= 0.6 is 23.2 Å². The van der Waals surface area contributed by atoms with Crippen LogP contribution in [0.4, 0.5) is 5.69 Å². The van der Waals surface area contributed by atoms with E-state index in [9.17, 15) is 10.1 Å². The first-order valence-electron chi connectivity index (χ1n) is 8.97. The maximum absolute atomic E-state index is 11.5. The van der Waals surface area contributed by atoms with Crippen molar-refractivity contribution in [2.24, 2.45) is 5.92 Å². The average Bonchev–Trinajstić information content (AvgIpc) is 3.26. The minimum absolute atomic E-state index is 0.000344. The highest BCUT2D eigenvalue weighted by molar-refractivity contribution is 6.31. The van der Waals surface area contributed by atoms with Gasteiger partial charge in [0.05, 0.1) is 41.1 Å². The van der Waals surface area contributed by atoms with E-state index in [1.54, 1.807) is 11.6 Å². The fourth-order valence-electron chi connectivity index (χ4n) is 3.17. The van der Waals surface area contributed by atoms with Crippen molar-refractivity contribution in [1.82, 2.24) is 19.7 Å². The van der Waals surface area contributed by atoms with Gasteiger partial charge in [-0.25, -0.2) is 9.97 Å². The Balaban J connectivity index is 1.63. The SMILES string of the molecule is Cc1c([N+](=O)[O-])c(OCC[C@@H](C)Cc2nc(Cl)ncc2Cl)nn1[C@@H]1CCOC1. The van der Waals surface area contributed by atoms with E-state index in [2.05, 4.69) is 15.1 Å². The second-order valence-corrected chi connectivity index (χ2v) is 7.58. The fraction of sp³-hybridized carbons (Fsp3) is 0.588. The van der Waals surface area contributed by atoms with Crippen LogP contribution < -0.4 is 4.74 Å². The summed E-state index contributed by atoms with van der Waals surface area (Å²) in [6, 6.07) is -0.000344. The maximum atomic E-state index is 11.5. The molecule has 0 unspecified atom stereocenters. The highest BCUT2D eigenvalue weighted by Crippen LogP contribution is 2.33. The molecule has 1 saturated heterocycles. The van der Waals surface area contributed by atoms with Crippen molar-refractivity contribution in [3.05, 3.63) is 38.0 Å². The third kappa shape index (κ3) is 4.71. The summed E-state index contributed by atoms with van der Waals surface area (Å²) in [5.41, 5.74) is 1.05. The minimum atomic E-state index is -0.448. The molecule has 1 aliphatic rings. The molecule has 0 aliphatic carbocycles. The van der Waals surface area contributed by atoms with Crippen LogP contribution in [-0.2, 0) is 11.2 Å². The molecule has 0 bridgehead atoms. The monoisotopic (exact) mass is 429 g/mol. The van der Waals surface area contributed by atoms with Gasteiger partial charge in [-0.05, 0) is 43.7 Å². The van der Waals surface area contributed by atoms with Crippen LogP contribution in [0.25, 0.3) is 0 Å². The van der Waals surface area contributed by atoms with E-state index in [-0.39, 0.29) is 35.4 Å². The molecule has 28 heavy (non-hydrogen) atoms. The molecule has 2 atom stereocenters. The number of rotatable bonds is 8. The van der Waals surface area contributed by atoms with Gasteiger partial charge in [-0.3, -0.25) is 14.8 Å². The smallest absolute Gasteiger partial charge is 0.352 e. The summed E-state index contributed by atoms with van der Waals surface area (Å²) in [6.07, 6.45) is 3.49. The van der Waals surface area contributed by atoms with Crippen LogP contribution in [0.1, 0.15) is 37.2 Å². The van der Waals surface area contributed by atoms with Gasteiger partial charge in [0.15, 0.2) is 0 Å². The van der Waals surface area contributed by atoms with Crippen molar-refractivity contribution in [2.45, 2.75) is 39.2 Å².